The Kier molecular flexibility index (Phi) is 5.33. The number of carboxylic acids is 1. The highest BCUT2D eigenvalue weighted by atomic mass is 16.5. The van der Waals surface area contributed by atoms with Crippen LogP contribution in [0.3, 0.4) is 0 Å². The van der Waals surface area contributed by atoms with Gasteiger partial charge in [-0.3, -0.25) is 9.69 Å². The monoisotopic (exact) mass is 393 g/mol. The second-order valence-corrected chi connectivity index (χ2v) is 10.5. The maximum Gasteiger partial charge on any atom is 0.317 e. The van der Waals surface area contributed by atoms with Gasteiger partial charge in [-0.15, -0.1) is 0 Å². The van der Waals surface area contributed by atoms with E-state index in [2.05, 4.69) is 12.2 Å². The third kappa shape index (κ3) is 4.30. The number of aliphatic carboxylic acids is 1. The van der Waals surface area contributed by atoms with Crippen LogP contribution in [0.5, 0.6) is 0 Å². The summed E-state index contributed by atoms with van der Waals surface area (Å²) in [4.78, 5) is 27.2. The molecule has 1 heterocycles. The number of hydrogen-bond acceptors (Lipinski definition) is 4. The Morgan fingerprint density at radius 3 is 2.61 bits per heavy atom. The van der Waals surface area contributed by atoms with Crippen molar-refractivity contribution in [2.75, 3.05) is 46.4 Å². The third-order valence-electron chi connectivity index (χ3n) is 7.44. The largest absolute Gasteiger partial charge is 0.480 e. The fourth-order valence-electron chi connectivity index (χ4n) is 7.17. The zero-order valence-corrected chi connectivity index (χ0v) is 17.3. The number of nitrogens with zero attached hydrogens (tertiary/aromatic N) is 2. The van der Waals surface area contributed by atoms with Gasteiger partial charge in [-0.25, -0.2) is 4.79 Å². The molecule has 0 aromatic carbocycles. The third-order valence-corrected chi connectivity index (χ3v) is 7.44. The van der Waals surface area contributed by atoms with Crippen molar-refractivity contribution < 1.29 is 19.4 Å². The average molecular weight is 394 g/mol. The molecule has 2 amide bonds. The van der Waals surface area contributed by atoms with Gasteiger partial charge in [0.05, 0.1) is 19.3 Å². The van der Waals surface area contributed by atoms with E-state index in [1.807, 2.05) is 4.90 Å². The van der Waals surface area contributed by atoms with Crippen molar-refractivity contribution in [3.05, 3.63) is 0 Å². The van der Waals surface area contributed by atoms with E-state index in [1.165, 1.54) is 38.5 Å². The first-order chi connectivity index (χ1) is 13.2. The van der Waals surface area contributed by atoms with Gasteiger partial charge in [-0.05, 0) is 68.2 Å². The first-order valence-electron chi connectivity index (χ1n) is 10.8. The van der Waals surface area contributed by atoms with Gasteiger partial charge in [0, 0.05) is 26.2 Å². The van der Waals surface area contributed by atoms with Crippen molar-refractivity contribution in [3.8, 4) is 0 Å². The molecule has 1 aliphatic heterocycles. The number of carbonyl (C=O) groups is 2. The molecule has 4 bridgehead atoms. The minimum absolute atomic E-state index is 0.00934. The van der Waals surface area contributed by atoms with Gasteiger partial charge in [-0.1, -0.05) is 6.92 Å². The fourth-order valence-corrected chi connectivity index (χ4v) is 7.17. The lowest BCUT2D eigenvalue weighted by Gasteiger charge is -2.61. The number of carbonyl (C=O) groups excluding carboxylic acids is 1. The van der Waals surface area contributed by atoms with E-state index in [-0.39, 0.29) is 18.7 Å². The van der Waals surface area contributed by atoms with E-state index in [4.69, 9.17) is 9.84 Å². The Morgan fingerprint density at radius 1 is 1.25 bits per heavy atom. The minimum atomic E-state index is -0.850. The molecule has 0 radical (unpaired) electrons. The number of morpholine rings is 1. The smallest absolute Gasteiger partial charge is 0.317 e. The SMILES string of the molecule is CN(CC(=O)O)CC1CN(C(=O)NCC23CC4CC(CC(C)(C4)C2)C3)CCO1. The van der Waals surface area contributed by atoms with E-state index < -0.39 is 5.97 Å². The normalized spacial score (nSPS) is 39.4. The Labute approximate surface area is 167 Å². The van der Waals surface area contributed by atoms with Crippen LogP contribution < -0.4 is 5.32 Å². The maximum atomic E-state index is 12.8. The molecular formula is C21H35N3O4. The molecule has 5 aliphatic rings. The number of hydrogen-bond donors (Lipinski definition) is 2. The second-order valence-electron chi connectivity index (χ2n) is 10.5. The number of nitrogens with one attached hydrogen (secondary N) is 1. The topological polar surface area (TPSA) is 82.1 Å². The summed E-state index contributed by atoms with van der Waals surface area (Å²) in [6.07, 6.45) is 7.86. The van der Waals surface area contributed by atoms with Crippen molar-refractivity contribution in [1.82, 2.24) is 15.1 Å². The molecule has 4 saturated carbocycles. The molecule has 3 atom stereocenters. The van der Waals surface area contributed by atoms with Gasteiger partial charge < -0.3 is 20.1 Å². The number of amides is 2. The van der Waals surface area contributed by atoms with Crippen LogP contribution >= 0.6 is 0 Å². The van der Waals surface area contributed by atoms with Gasteiger partial charge in [0.25, 0.3) is 0 Å². The van der Waals surface area contributed by atoms with Crippen LogP contribution in [-0.4, -0.2) is 79.4 Å². The highest BCUT2D eigenvalue weighted by Crippen LogP contribution is 2.64. The van der Waals surface area contributed by atoms with E-state index in [9.17, 15) is 9.59 Å². The lowest BCUT2D eigenvalue weighted by atomic mass is 9.44. The summed E-state index contributed by atoms with van der Waals surface area (Å²) in [7, 11) is 1.77. The zero-order valence-electron chi connectivity index (χ0n) is 17.3. The van der Waals surface area contributed by atoms with E-state index in [1.54, 1.807) is 11.9 Å². The molecule has 158 valence electrons. The second kappa shape index (κ2) is 7.48. The van der Waals surface area contributed by atoms with Crippen molar-refractivity contribution >= 4 is 12.0 Å². The van der Waals surface area contributed by atoms with Gasteiger partial charge in [0.2, 0.25) is 0 Å². The van der Waals surface area contributed by atoms with Crippen LogP contribution in [0.4, 0.5) is 4.79 Å². The lowest BCUT2D eigenvalue weighted by Crippen LogP contribution is -2.57. The number of ether oxygens (including phenoxy) is 1. The Morgan fingerprint density at radius 2 is 1.96 bits per heavy atom. The van der Waals surface area contributed by atoms with Crippen LogP contribution in [0.1, 0.15) is 45.4 Å². The van der Waals surface area contributed by atoms with Gasteiger partial charge in [-0.2, -0.15) is 0 Å². The molecule has 5 rings (SSSR count). The summed E-state index contributed by atoms with van der Waals surface area (Å²) < 4.78 is 5.75. The lowest BCUT2D eigenvalue weighted by molar-refractivity contribution is -0.138. The predicted octanol–water partition coefficient (Wildman–Crippen LogP) is 2.02. The summed E-state index contributed by atoms with van der Waals surface area (Å²) in [6.45, 7) is 5.38. The molecule has 4 aliphatic carbocycles. The quantitative estimate of drug-likeness (QED) is 0.721. The fraction of sp³-hybridized carbons (Fsp3) is 0.905. The number of carboxylic acid groups (broad SMARTS) is 1. The van der Waals surface area contributed by atoms with Crippen LogP contribution in [0.25, 0.3) is 0 Å². The highest BCUT2D eigenvalue weighted by Gasteiger charge is 2.55. The van der Waals surface area contributed by atoms with Crippen LogP contribution in [-0.2, 0) is 9.53 Å². The van der Waals surface area contributed by atoms with E-state index in [0.29, 0.717) is 37.1 Å². The van der Waals surface area contributed by atoms with E-state index in [0.717, 1.165) is 18.4 Å². The molecule has 1 saturated heterocycles. The van der Waals surface area contributed by atoms with Crippen molar-refractivity contribution in [3.63, 3.8) is 0 Å². The van der Waals surface area contributed by atoms with Gasteiger partial charge >= 0.3 is 12.0 Å². The molecule has 7 nitrogen and oxygen atoms in total. The molecule has 5 fully saturated rings. The first kappa shape index (κ1) is 20.0. The van der Waals surface area contributed by atoms with Gasteiger partial charge in [0.1, 0.15) is 0 Å². The van der Waals surface area contributed by atoms with Crippen molar-refractivity contribution in [2.24, 2.45) is 22.7 Å². The number of rotatable bonds is 6. The summed E-state index contributed by atoms with van der Waals surface area (Å²) in [5, 5.41) is 12.2. The Hall–Kier alpha value is -1.34. The van der Waals surface area contributed by atoms with Gasteiger partial charge in [0.15, 0.2) is 0 Å². The summed E-state index contributed by atoms with van der Waals surface area (Å²) in [5.74, 6) is 0.874. The van der Waals surface area contributed by atoms with Crippen molar-refractivity contribution in [1.29, 1.82) is 0 Å². The van der Waals surface area contributed by atoms with Crippen LogP contribution in [0.15, 0.2) is 0 Å². The van der Waals surface area contributed by atoms with E-state index >= 15 is 0 Å². The highest BCUT2D eigenvalue weighted by molar-refractivity contribution is 5.74. The maximum absolute atomic E-state index is 12.8. The molecule has 28 heavy (non-hydrogen) atoms. The first-order valence-corrected chi connectivity index (χ1v) is 10.8. The number of urea groups is 1. The zero-order chi connectivity index (χ0) is 19.9. The standard InChI is InChI=1S/C21H35N3O4/c1-20-6-15-5-16(7-20)9-21(8-15,13-20)14-22-19(27)24-3-4-28-17(11-24)10-23(2)12-18(25)26/h15-17H,3-14H2,1-2H3,(H,22,27)(H,25,26). The molecular weight excluding hydrogens is 358 g/mol. The predicted molar refractivity (Wildman–Crippen MR) is 105 cm³/mol. The molecule has 0 aromatic rings. The molecule has 0 aromatic heterocycles. The minimum Gasteiger partial charge on any atom is -0.480 e. The number of likely N-dealkylation sites (N-methyl/N-ethyl adjacent to an activating group) is 1. The van der Waals surface area contributed by atoms with Crippen LogP contribution in [0.2, 0.25) is 0 Å². The molecule has 7 heteroatoms. The Bertz CT molecular complexity index is 611. The molecule has 3 unspecified atom stereocenters. The summed E-state index contributed by atoms with van der Waals surface area (Å²) >= 11 is 0. The molecule has 0 spiro atoms. The summed E-state index contributed by atoms with van der Waals surface area (Å²) in [6, 6.07) is 0.00934. The van der Waals surface area contributed by atoms with Crippen molar-refractivity contribution in [2.45, 2.75) is 51.6 Å². The summed E-state index contributed by atoms with van der Waals surface area (Å²) in [5.41, 5.74) is 0.801. The molecule has 2 N–H and O–H groups in total. The van der Waals surface area contributed by atoms with Crippen LogP contribution in [0, 0.1) is 22.7 Å². The Balaban J connectivity index is 1.29. The average Bonchev–Trinajstić information content (AvgIpc) is 2.57.